The van der Waals surface area contributed by atoms with E-state index in [2.05, 4.69) is 5.32 Å². The first-order chi connectivity index (χ1) is 12.4. The molecule has 5 heteroatoms. The third-order valence-electron chi connectivity index (χ3n) is 4.54. The second-order valence-corrected chi connectivity index (χ2v) is 6.46. The summed E-state index contributed by atoms with van der Waals surface area (Å²) in [4.78, 5) is 35.9. The quantitative estimate of drug-likeness (QED) is 0.764. The highest BCUT2D eigenvalue weighted by molar-refractivity contribution is 5.94. The Labute approximate surface area is 153 Å². The van der Waals surface area contributed by atoms with E-state index in [9.17, 15) is 19.5 Å². The van der Waals surface area contributed by atoms with Gasteiger partial charge in [-0.3, -0.25) is 4.79 Å². The Kier molecular flexibility index (Phi) is 6.28. The molecule has 136 valence electrons. The Morgan fingerprint density at radius 1 is 0.962 bits per heavy atom. The molecule has 1 atom stereocenters. The Hall–Kier alpha value is -2.95. The van der Waals surface area contributed by atoms with E-state index in [4.69, 9.17) is 0 Å². The van der Waals surface area contributed by atoms with Crippen LogP contribution < -0.4 is 5.32 Å². The molecule has 0 unspecified atom stereocenters. The van der Waals surface area contributed by atoms with Gasteiger partial charge in [0.15, 0.2) is 0 Å². The molecule has 2 rings (SSSR count). The Balaban J connectivity index is 2.38. The third-order valence-corrected chi connectivity index (χ3v) is 4.54. The van der Waals surface area contributed by atoms with Crippen molar-refractivity contribution in [2.24, 2.45) is 0 Å². The summed E-state index contributed by atoms with van der Waals surface area (Å²) in [5.41, 5.74) is 0.478. The maximum absolute atomic E-state index is 13.2. The average Bonchev–Trinajstić information content (AvgIpc) is 2.65. The van der Waals surface area contributed by atoms with Gasteiger partial charge in [-0.25, -0.2) is 4.79 Å². The number of Topliss-reactive ketones (excluding diaryl/α,β-unsaturated/α-hetero) is 1. The second kappa shape index (κ2) is 8.43. The van der Waals surface area contributed by atoms with Crippen molar-refractivity contribution in [3.8, 4) is 0 Å². The summed E-state index contributed by atoms with van der Waals surface area (Å²) in [6, 6.07) is 17.4. The molecule has 2 aromatic carbocycles. The molecular weight excluding hydrogens is 330 g/mol. The van der Waals surface area contributed by atoms with Crippen LogP contribution in [0.15, 0.2) is 60.7 Å². The first-order valence-electron chi connectivity index (χ1n) is 8.50. The van der Waals surface area contributed by atoms with Crippen molar-refractivity contribution < 1.29 is 19.5 Å². The number of carboxylic acid groups (broad SMARTS) is 1. The van der Waals surface area contributed by atoms with Crippen LogP contribution in [0.2, 0.25) is 0 Å². The molecule has 1 amide bonds. The van der Waals surface area contributed by atoms with Gasteiger partial charge in [0.2, 0.25) is 5.91 Å². The zero-order chi connectivity index (χ0) is 19.2. The molecule has 5 nitrogen and oxygen atoms in total. The van der Waals surface area contributed by atoms with Crippen molar-refractivity contribution in [3.05, 3.63) is 71.8 Å². The monoisotopic (exact) mass is 353 g/mol. The number of amides is 1. The molecule has 0 aliphatic heterocycles. The lowest BCUT2D eigenvalue weighted by atomic mass is 9.75. The number of rotatable bonds is 8. The van der Waals surface area contributed by atoms with Crippen molar-refractivity contribution in [2.45, 2.75) is 38.1 Å². The number of aliphatic carboxylic acids is 1. The van der Waals surface area contributed by atoms with Crippen LogP contribution in [0.1, 0.15) is 37.8 Å². The molecule has 26 heavy (non-hydrogen) atoms. The van der Waals surface area contributed by atoms with E-state index in [1.807, 2.05) is 60.7 Å². The van der Waals surface area contributed by atoms with Gasteiger partial charge in [0.25, 0.3) is 0 Å². The van der Waals surface area contributed by atoms with Crippen molar-refractivity contribution in [2.75, 3.05) is 0 Å². The van der Waals surface area contributed by atoms with Gasteiger partial charge in [-0.2, -0.15) is 0 Å². The minimum Gasteiger partial charge on any atom is -0.480 e. The van der Waals surface area contributed by atoms with E-state index >= 15 is 0 Å². The van der Waals surface area contributed by atoms with Crippen molar-refractivity contribution in [1.82, 2.24) is 5.32 Å². The smallest absolute Gasteiger partial charge is 0.326 e. The lowest BCUT2D eigenvalue weighted by Gasteiger charge is -2.31. The molecular formula is C21H23NO4. The predicted molar refractivity (Wildman–Crippen MR) is 98.8 cm³/mol. The van der Waals surface area contributed by atoms with Gasteiger partial charge in [0, 0.05) is 6.42 Å². The molecule has 0 bridgehead atoms. The second-order valence-electron chi connectivity index (χ2n) is 6.46. The number of hydrogen-bond acceptors (Lipinski definition) is 3. The van der Waals surface area contributed by atoms with Crippen LogP contribution in [0.3, 0.4) is 0 Å². The van der Waals surface area contributed by atoms with E-state index in [1.54, 1.807) is 6.92 Å². The van der Waals surface area contributed by atoms with Crippen LogP contribution in [-0.4, -0.2) is 28.8 Å². The van der Waals surface area contributed by atoms with E-state index in [-0.39, 0.29) is 18.6 Å². The normalized spacial score (nSPS) is 12.2. The van der Waals surface area contributed by atoms with Crippen LogP contribution in [-0.2, 0) is 19.8 Å². The van der Waals surface area contributed by atoms with Crippen molar-refractivity contribution >= 4 is 17.7 Å². The van der Waals surface area contributed by atoms with Crippen LogP contribution in [0.5, 0.6) is 0 Å². The fraction of sp³-hybridized carbons (Fsp3) is 0.286. The maximum atomic E-state index is 13.2. The van der Waals surface area contributed by atoms with Gasteiger partial charge in [0.1, 0.15) is 11.8 Å². The highest BCUT2D eigenvalue weighted by Crippen LogP contribution is 2.32. The molecule has 0 aliphatic rings. The number of ketones is 1. The molecule has 0 heterocycles. The summed E-state index contributed by atoms with van der Waals surface area (Å²) >= 11 is 0. The molecule has 0 spiro atoms. The van der Waals surface area contributed by atoms with E-state index in [1.165, 1.54) is 6.92 Å². The molecule has 0 saturated carbocycles. The van der Waals surface area contributed by atoms with Gasteiger partial charge < -0.3 is 15.2 Å². The fourth-order valence-corrected chi connectivity index (χ4v) is 2.88. The Bertz CT molecular complexity index is 732. The summed E-state index contributed by atoms with van der Waals surface area (Å²) in [7, 11) is 0. The predicted octanol–water partition coefficient (Wildman–Crippen LogP) is 2.93. The van der Waals surface area contributed by atoms with Crippen LogP contribution >= 0.6 is 0 Å². The fourth-order valence-electron chi connectivity index (χ4n) is 2.88. The van der Waals surface area contributed by atoms with Crippen LogP contribution in [0.25, 0.3) is 0 Å². The minimum absolute atomic E-state index is 0.0655. The van der Waals surface area contributed by atoms with E-state index < -0.39 is 23.3 Å². The van der Waals surface area contributed by atoms with E-state index in [0.717, 1.165) is 11.1 Å². The average molecular weight is 353 g/mol. The summed E-state index contributed by atoms with van der Waals surface area (Å²) in [6.07, 6.45) is 0.167. The molecule has 0 fully saturated rings. The van der Waals surface area contributed by atoms with Gasteiger partial charge in [-0.05, 0) is 31.4 Å². The maximum Gasteiger partial charge on any atom is 0.326 e. The Morgan fingerprint density at radius 3 is 1.81 bits per heavy atom. The summed E-state index contributed by atoms with van der Waals surface area (Å²) < 4.78 is 0. The standard InChI is InChI=1S/C21H23NO4/c1-15(23)13-14-18(19(24)25)22-20(26)21(2,16-9-5-3-6-10-16)17-11-7-4-8-12-17/h3-12,18H,13-14H2,1-2H3,(H,22,26)(H,24,25)/t18-/m0/s1. The zero-order valence-corrected chi connectivity index (χ0v) is 14.9. The largest absolute Gasteiger partial charge is 0.480 e. The molecule has 2 N–H and O–H groups in total. The first-order valence-corrected chi connectivity index (χ1v) is 8.50. The number of hydrogen-bond donors (Lipinski definition) is 2. The lowest BCUT2D eigenvalue weighted by molar-refractivity contribution is -0.142. The highest BCUT2D eigenvalue weighted by Gasteiger charge is 2.38. The molecule has 0 aliphatic carbocycles. The van der Waals surface area contributed by atoms with E-state index in [0.29, 0.717) is 0 Å². The number of carbonyl (C=O) groups excluding carboxylic acids is 2. The van der Waals surface area contributed by atoms with Crippen molar-refractivity contribution in [1.29, 1.82) is 0 Å². The summed E-state index contributed by atoms with van der Waals surface area (Å²) in [5, 5.41) is 12.0. The Morgan fingerprint density at radius 2 is 1.42 bits per heavy atom. The lowest BCUT2D eigenvalue weighted by Crippen LogP contribution is -2.50. The topological polar surface area (TPSA) is 83.5 Å². The molecule has 0 aromatic heterocycles. The zero-order valence-electron chi connectivity index (χ0n) is 14.9. The molecule has 0 radical (unpaired) electrons. The summed E-state index contributed by atoms with van der Waals surface area (Å²) in [5.74, 6) is -1.67. The number of benzene rings is 2. The molecule has 2 aromatic rings. The molecule has 0 saturated heterocycles. The van der Waals surface area contributed by atoms with Crippen LogP contribution in [0, 0.1) is 0 Å². The van der Waals surface area contributed by atoms with Gasteiger partial charge in [-0.1, -0.05) is 60.7 Å². The SMILES string of the molecule is CC(=O)CC[C@H](NC(=O)C(C)(c1ccccc1)c1ccccc1)C(=O)O. The number of carbonyl (C=O) groups is 3. The first kappa shape index (κ1) is 19.4. The van der Waals surface area contributed by atoms with Gasteiger partial charge >= 0.3 is 5.97 Å². The van der Waals surface area contributed by atoms with Crippen molar-refractivity contribution in [3.63, 3.8) is 0 Å². The third kappa shape index (κ3) is 4.36. The number of carboxylic acids is 1. The van der Waals surface area contributed by atoms with Crippen LogP contribution in [0.4, 0.5) is 0 Å². The minimum atomic E-state index is -1.15. The van der Waals surface area contributed by atoms with Gasteiger partial charge in [-0.15, -0.1) is 0 Å². The highest BCUT2D eigenvalue weighted by atomic mass is 16.4. The summed E-state index contributed by atoms with van der Waals surface area (Å²) in [6.45, 7) is 3.18. The number of nitrogens with one attached hydrogen (secondary N) is 1. The van der Waals surface area contributed by atoms with Gasteiger partial charge in [0.05, 0.1) is 5.41 Å².